The van der Waals surface area contributed by atoms with Gasteiger partial charge in [-0.2, -0.15) is 0 Å². The first-order valence-corrected chi connectivity index (χ1v) is 6.34. The number of hydrogen-bond acceptors (Lipinski definition) is 3. The highest BCUT2D eigenvalue weighted by atomic mass is 16.5. The van der Waals surface area contributed by atoms with Crippen molar-refractivity contribution in [2.75, 3.05) is 0 Å². The molecule has 1 heterocycles. The molecular weight excluding hydrogens is 214 g/mol. The van der Waals surface area contributed by atoms with Gasteiger partial charge in [0.05, 0.1) is 0 Å². The number of benzene rings is 1. The Hall–Kier alpha value is -1.51. The van der Waals surface area contributed by atoms with Gasteiger partial charge in [0.2, 0.25) is 0 Å². The van der Waals surface area contributed by atoms with Gasteiger partial charge >= 0.3 is 0 Å². The van der Waals surface area contributed by atoms with E-state index in [1.54, 1.807) is 6.07 Å². The van der Waals surface area contributed by atoms with E-state index in [0.29, 0.717) is 23.3 Å². The lowest BCUT2D eigenvalue weighted by Crippen LogP contribution is -2.39. The second kappa shape index (κ2) is 3.03. The van der Waals surface area contributed by atoms with Crippen LogP contribution in [0.2, 0.25) is 0 Å². The van der Waals surface area contributed by atoms with Crippen LogP contribution in [-0.4, -0.2) is 16.9 Å². The van der Waals surface area contributed by atoms with Gasteiger partial charge in [-0.1, -0.05) is 6.07 Å². The second-order valence-corrected chi connectivity index (χ2v) is 5.41. The summed E-state index contributed by atoms with van der Waals surface area (Å²) in [6.45, 7) is 0. The number of aromatic hydroxyl groups is 1. The first kappa shape index (κ1) is 9.51. The highest BCUT2D eigenvalue weighted by Gasteiger charge is 2.48. The van der Waals surface area contributed by atoms with E-state index in [2.05, 4.69) is 0 Å². The minimum atomic E-state index is -0.101. The zero-order chi connectivity index (χ0) is 11.6. The molecule has 0 radical (unpaired) electrons. The molecule has 1 fully saturated rings. The third-order valence-corrected chi connectivity index (χ3v) is 4.59. The van der Waals surface area contributed by atoms with E-state index in [1.165, 1.54) is 17.5 Å². The van der Waals surface area contributed by atoms with Crippen LogP contribution < -0.4 is 4.74 Å². The van der Waals surface area contributed by atoms with Crippen LogP contribution in [0.1, 0.15) is 36.3 Å². The fourth-order valence-electron chi connectivity index (χ4n) is 3.79. The first-order valence-electron chi connectivity index (χ1n) is 6.34. The van der Waals surface area contributed by atoms with Crippen LogP contribution in [0.25, 0.3) is 0 Å². The molecule has 3 heteroatoms. The van der Waals surface area contributed by atoms with Crippen LogP contribution in [0.3, 0.4) is 0 Å². The summed E-state index contributed by atoms with van der Waals surface area (Å²) in [4.78, 5) is 0. The summed E-state index contributed by atoms with van der Waals surface area (Å²) in [5.41, 5.74) is 3.22. The number of rotatable bonds is 0. The summed E-state index contributed by atoms with van der Waals surface area (Å²) >= 11 is 0. The maximum Gasteiger partial charge on any atom is 0.165 e. The van der Waals surface area contributed by atoms with Gasteiger partial charge in [0.1, 0.15) is 6.10 Å². The van der Waals surface area contributed by atoms with E-state index in [-0.39, 0.29) is 11.9 Å². The number of phenols is 1. The van der Waals surface area contributed by atoms with Crippen LogP contribution in [0.4, 0.5) is 0 Å². The lowest BCUT2D eigenvalue weighted by Gasteiger charge is -2.36. The van der Waals surface area contributed by atoms with E-state index < -0.39 is 0 Å². The van der Waals surface area contributed by atoms with Crippen molar-refractivity contribution in [3.8, 4) is 11.5 Å². The Kier molecular flexibility index (Phi) is 1.70. The monoisotopic (exact) mass is 229 g/mol. The van der Waals surface area contributed by atoms with Crippen molar-refractivity contribution >= 4 is 5.71 Å². The second-order valence-electron chi connectivity index (χ2n) is 5.41. The van der Waals surface area contributed by atoms with Gasteiger partial charge in [-0.3, -0.25) is 0 Å². The minimum absolute atomic E-state index is 0.101. The van der Waals surface area contributed by atoms with E-state index in [9.17, 15) is 5.11 Å². The Balaban J connectivity index is 1.95. The minimum Gasteiger partial charge on any atom is -0.504 e. The van der Waals surface area contributed by atoms with E-state index in [1.807, 2.05) is 6.07 Å². The first-order chi connectivity index (χ1) is 8.25. The van der Waals surface area contributed by atoms with Crippen molar-refractivity contribution in [1.29, 1.82) is 5.41 Å². The van der Waals surface area contributed by atoms with Crippen molar-refractivity contribution in [2.45, 2.75) is 37.7 Å². The Morgan fingerprint density at radius 3 is 2.94 bits per heavy atom. The predicted molar refractivity (Wildman–Crippen MR) is 64.0 cm³/mol. The summed E-state index contributed by atoms with van der Waals surface area (Å²) in [5.74, 6) is 1.88. The zero-order valence-corrected chi connectivity index (χ0v) is 9.57. The maximum absolute atomic E-state index is 9.90. The molecule has 1 aliphatic heterocycles. The topological polar surface area (TPSA) is 53.3 Å². The third-order valence-electron chi connectivity index (χ3n) is 4.59. The molecule has 0 aromatic heterocycles. The number of aryl methyl sites for hydroxylation is 1. The standard InChI is InChI=1S/C14H15NO2/c15-9-5-3-7-1-2-8-4-6-10(16)14-12(8)11(7)13(9)17-14/h4,6-7,11,13,15-16H,1-3,5H2. The average Bonchev–Trinajstić information content (AvgIpc) is 2.75. The molecule has 3 nitrogen and oxygen atoms in total. The van der Waals surface area contributed by atoms with Crippen LogP contribution in [-0.2, 0) is 6.42 Å². The van der Waals surface area contributed by atoms with Crippen LogP contribution in [0.5, 0.6) is 11.5 Å². The molecule has 2 aliphatic carbocycles. The zero-order valence-electron chi connectivity index (χ0n) is 9.57. The number of hydrogen-bond donors (Lipinski definition) is 2. The average molecular weight is 229 g/mol. The van der Waals surface area contributed by atoms with Crippen molar-refractivity contribution in [2.24, 2.45) is 5.92 Å². The lowest BCUT2D eigenvalue weighted by atomic mass is 9.67. The molecule has 1 aromatic carbocycles. The van der Waals surface area contributed by atoms with Crippen molar-refractivity contribution in [1.82, 2.24) is 0 Å². The molecule has 4 rings (SSSR count). The number of phenolic OH excluding ortho intramolecular Hbond substituents is 1. The number of ether oxygens (including phenoxy) is 1. The van der Waals surface area contributed by atoms with Crippen LogP contribution >= 0.6 is 0 Å². The quantitative estimate of drug-likeness (QED) is 0.718. The molecule has 2 N–H and O–H groups in total. The third kappa shape index (κ3) is 1.09. The fraction of sp³-hybridized carbons (Fsp3) is 0.500. The molecule has 17 heavy (non-hydrogen) atoms. The summed E-state index contributed by atoms with van der Waals surface area (Å²) < 4.78 is 5.87. The van der Waals surface area contributed by atoms with Crippen molar-refractivity contribution < 1.29 is 9.84 Å². The van der Waals surface area contributed by atoms with Crippen LogP contribution in [0, 0.1) is 11.3 Å². The fourth-order valence-corrected chi connectivity index (χ4v) is 3.79. The van der Waals surface area contributed by atoms with E-state index >= 15 is 0 Å². The maximum atomic E-state index is 9.90. The van der Waals surface area contributed by atoms with Gasteiger partial charge in [0.15, 0.2) is 11.5 Å². The highest BCUT2D eigenvalue weighted by Crippen LogP contribution is 2.55. The summed E-state index contributed by atoms with van der Waals surface area (Å²) in [5, 5.41) is 17.9. The van der Waals surface area contributed by atoms with Gasteiger partial charge in [0, 0.05) is 17.2 Å². The molecular formula is C14H15NO2. The SMILES string of the molecule is N=C1CCC2CCc3ccc(O)c4c3C2C1O4. The molecule has 0 saturated heterocycles. The predicted octanol–water partition coefficient (Wildman–Crippen LogP) is 2.61. The molecule has 3 atom stereocenters. The smallest absolute Gasteiger partial charge is 0.165 e. The van der Waals surface area contributed by atoms with Crippen LogP contribution in [0.15, 0.2) is 12.1 Å². The molecule has 0 bridgehead atoms. The largest absolute Gasteiger partial charge is 0.504 e. The molecule has 3 unspecified atom stereocenters. The Bertz CT molecular complexity index is 523. The normalized spacial score (nSPS) is 33.2. The molecule has 0 spiro atoms. The molecule has 1 aromatic rings. The van der Waals surface area contributed by atoms with Crippen molar-refractivity contribution in [3.63, 3.8) is 0 Å². The molecule has 0 amide bonds. The summed E-state index contributed by atoms with van der Waals surface area (Å²) in [7, 11) is 0. The Morgan fingerprint density at radius 1 is 1.24 bits per heavy atom. The van der Waals surface area contributed by atoms with Gasteiger partial charge < -0.3 is 15.3 Å². The van der Waals surface area contributed by atoms with Gasteiger partial charge in [-0.15, -0.1) is 0 Å². The lowest BCUT2D eigenvalue weighted by molar-refractivity contribution is 0.198. The van der Waals surface area contributed by atoms with Gasteiger partial charge in [-0.05, 0) is 43.2 Å². The van der Waals surface area contributed by atoms with E-state index in [0.717, 1.165) is 19.3 Å². The van der Waals surface area contributed by atoms with E-state index in [4.69, 9.17) is 10.1 Å². The summed E-state index contributed by atoms with van der Waals surface area (Å²) in [6, 6.07) is 3.75. The Labute approximate surface area is 99.9 Å². The van der Waals surface area contributed by atoms with Gasteiger partial charge in [0.25, 0.3) is 0 Å². The highest BCUT2D eigenvalue weighted by molar-refractivity contribution is 5.89. The van der Waals surface area contributed by atoms with Gasteiger partial charge in [-0.25, -0.2) is 0 Å². The summed E-state index contributed by atoms with van der Waals surface area (Å²) in [6.07, 6.45) is 4.16. The number of nitrogens with one attached hydrogen (secondary N) is 1. The Morgan fingerprint density at radius 2 is 2.06 bits per heavy atom. The molecule has 1 saturated carbocycles. The molecule has 3 aliphatic rings. The van der Waals surface area contributed by atoms with Crippen molar-refractivity contribution in [3.05, 3.63) is 23.3 Å². The molecule has 88 valence electrons.